The van der Waals surface area contributed by atoms with Gasteiger partial charge in [-0.25, -0.2) is 0 Å². The van der Waals surface area contributed by atoms with Gasteiger partial charge < -0.3 is 14.7 Å². The summed E-state index contributed by atoms with van der Waals surface area (Å²) >= 11 is 0. The number of benzene rings is 1. The van der Waals surface area contributed by atoms with Crippen LogP contribution in [0.1, 0.15) is 18.5 Å². The van der Waals surface area contributed by atoms with Crippen LogP contribution < -0.4 is 0 Å². The fourth-order valence-electron chi connectivity index (χ4n) is 2.36. The Balaban J connectivity index is 2.18. The van der Waals surface area contributed by atoms with Crippen molar-refractivity contribution >= 4 is 11.9 Å². The molecule has 1 heterocycles. The number of ether oxygens (including phenoxy) is 1. The summed E-state index contributed by atoms with van der Waals surface area (Å²) in [7, 11) is 1.25. The Morgan fingerprint density at radius 1 is 1.42 bits per heavy atom. The standard InChI is InChI=1S/C14H17NO4/c1-9(10-6-4-3-5-7-10)15-8-11(14(18)19-2)12(16)13(15)17/h3-7,9,11-12,16H,8H2,1-2H3/t9-,11+,12+/m0/s1. The zero-order chi connectivity index (χ0) is 14.0. The number of hydrogen-bond donors (Lipinski definition) is 1. The Hall–Kier alpha value is -1.88. The Kier molecular flexibility index (Phi) is 3.85. The number of methoxy groups -OCH3 is 1. The van der Waals surface area contributed by atoms with Crippen molar-refractivity contribution in [3.05, 3.63) is 35.9 Å². The molecule has 1 saturated heterocycles. The number of likely N-dealkylation sites (tertiary alicyclic amines) is 1. The van der Waals surface area contributed by atoms with E-state index >= 15 is 0 Å². The maximum absolute atomic E-state index is 12.0. The van der Waals surface area contributed by atoms with Gasteiger partial charge in [-0.15, -0.1) is 0 Å². The normalized spacial score (nSPS) is 24.4. The monoisotopic (exact) mass is 263 g/mol. The van der Waals surface area contributed by atoms with Gasteiger partial charge in [0.1, 0.15) is 12.0 Å². The van der Waals surface area contributed by atoms with Crippen LogP contribution in [0.25, 0.3) is 0 Å². The van der Waals surface area contributed by atoms with Gasteiger partial charge in [0.15, 0.2) is 0 Å². The van der Waals surface area contributed by atoms with Crippen LogP contribution >= 0.6 is 0 Å². The molecule has 1 aliphatic rings. The van der Waals surface area contributed by atoms with Gasteiger partial charge in [-0.05, 0) is 12.5 Å². The molecular formula is C14H17NO4. The number of nitrogens with zero attached hydrogens (tertiary/aromatic N) is 1. The van der Waals surface area contributed by atoms with E-state index in [1.54, 1.807) is 0 Å². The molecule has 0 unspecified atom stereocenters. The first-order chi connectivity index (χ1) is 9.06. The van der Waals surface area contributed by atoms with Crippen LogP contribution in [0.3, 0.4) is 0 Å². The zero-order valence-corrected chi connectivity index (χ0v) is 10.9. The van der Waals surface area contributed by atoms with Crippen molar-refractivity contribution in [2.24, 2.45) is 5.92 Å². The van der Waals surface area contributed by atoms with E-state index < -0.39 is 23.9 Å². The predicted molar refractivity (Wildman–Crippen MR) is 68.1 cm³/mol. The summed E-state index contributed by atoms with van der Waals surface area (Å²) in [5, 5.41) is 9.83. The molecule has 1 N–H and O–H groups in total. The van der Waals surface area contributed by atoms with Gasteiger partial charge in [0.25, 0.3) is 5.91 Å². The third kappa shape index (κ3) is 2.46. The van der Waals surface area contributed by atoms with E-state index in [4.69, 9.17) is 0 Å². The minimum atomic E-state index is -1.31. The van der Waals surface area contributed by atoms with Gasteiger partial charge in [-0.1, -0.05) is 30.3 Å². The fourth-order valence-corrected chi connectivity index (χ4v) is 2.36. The molecule has 1 fully saturated rings. The first kappa shape index (κ1) is 13.5. The third-order valence-electron chi connectivity index (χ3n) is 3.56. The minimum Gasteiger partial charge on any atom is -0.469 e. The second-order valence-corrected chi connectivity index (χ2v) is 4.65. The maximum Gasteiger partial charge on any atom is 0.313 e. The first-order valence-corrected chi connectivity index (χ1v) is 6.17. The Morgan fingerprint density at radius 2 is 2.05 bits per heavy atom. The topological polar surface area (TPSA) is 66.8 Å². The summed E-state index contributed by atoms with van der Waals surface area (Å²) < 4.78 is 4.61. The van der Waals surface area contributed by atoms with E-state index in [1.165, 1.54) is 12.0 Å². The number of aliphatic hydroxyl groups excluding tert-OH is 1. The molecule has 0 radical (unpaired) electrons. The highest BCUT2D eigenvalue weighted by molar-refractivity contribution is 5.91. The number of aliphatic hydroxyl groups is 1. The highest BCUT2D eigenvalue weighted by Crippen LogP contribution is 2.29. The smallest absolute Gasteiger partial charge is 0.313 e. The second-order valence-electron chi connectivity index (χ2n) is 4.65. The van der Waals surface area contributed by atoms with Crippen molar-refractivity contribution in [2.45, 2.75) is 19.1 Å². The molecule has 0 spiro atoms. The molecule has 2 rings (SSSR count). The molecule has 0 saturated carbocycles. The average Bonchev–Trinajstić information content (AvgIpc) is 2.75. The number of esters is 1. The van der Waals surface area contributed by atoms with Crippen LogP contribution in [-0.2, 0) is 14.3 Å². The van der Waals surface area contributed by atoms with Gasteiger partial charge >= 0.3 is 5.97 Å². The molecule has 0 bridgehead atoms. The molecule has 5 heteroatoms. The number of rotatable bonds is 3. The lowest BCUT2D eigenvalue weighted by molar-refractivity contribution is -0.150. The number of carbonyl (C=O) groups is 2. The summed E-state index contributed by atoms with van der Waals surface area (Å²) in [5.41, 5.74) is 0.966. The van der Waals surface area contributed by atoms with Crippen molar-refractivity contribution in [1.82, 2.24) is 4.90 Å². The molecular weight excluding hydrogens is 246 g/mol. The van der Waals surface area contributed by atoms with Crippen LogP contribution in [0.2, 0.25) is 0 Å². The van der Waals surface area contributed by atoms with Crippen molar-refractivity contribution in [1.29, 1.82) is 0 Å². The molecule has 1 aromatic carbocycles. The molecule has 3 atom stereocenters. The largest absolute Gasteiger partial charge is 0.469 e. The van der Waals surface area contributed by atoms with E-state index in [1.807, 2.05) is 37.3 Å². The minimum absolute atomic E-state index is 0.182. The number of hydrogen-bond acceptors (Lipinski definition) is 4. The second kappa shape index (κ2) is 5.40. The summed E-state index contributed by atoms with van der Waals surface area (Å²) in [6.07, 6.45) is -1.31. The molecule has 1 amide bonds. The Labute approximate surface area is 111 Å². The summed E-state index contributed by atoms with van der Waals surface area (Å²) in [6.45, 7) is 2.06. The molecule has 5 nitrogen and oxygen atoms in total. The fraction of sp³-hybridized carbons (Fsp3) is 0.429. The maximum atomic E-state index is 12.0. The average molecular weight is 263 g/mol. The quantitative estimate of drug-likeness (QED) is 0.817. The van der Waals surface area contributed by atoms with Gasteiger partial charge in [-0.3, -0.25) is 9.59 Å². The van der Waals surface area contributed by atoms with Crippen LogP contribution in [-0.4, -0.2) is 41.6 Å². The lowest BCUT2D eigenvalue weighted by Crippen LogP contribution is -2.32. The molecule has 0 aliphatic carbocycles. The highest BCUT2D eigenvalue weighted by atomic mass is 16.5. The van der Waals surface area contributed by atoms with Crippen molar-refractivity contribution in [2.75, 3.05) is 13.7 Å². The number of carbonyl (C=O) groups excluding carboxylic acids is 2. The summed E-state index contributed by atoms with van der Waals surface area (Å²) in [5.74, 6) is -1.78. The van der Waals surface area contributed by atoms with Gasteiger partial charge in [-0.2, -0.15) is 0 Å². The van der Waals surface area contributed by atoms with Crippen LogP contribution in [0.5, 0.6) is 0 Å². The molecule has 102 valence electrons. The summed E-state index contributed by atoms with van der Waals surface area (Å²) in [6, 6.07) is 9.32. The van der Waals surface area contributed by atoms with Crippen molar-refractivity contribution in [3.63, 3.8) is 0 Å². The molecule has 1 aliphatic heterocycles. The van der Waals surface area contributed by atoms with Gasteiger partial charge in [0, 0.05) is 6.54 Å². The lowest BCUT2D eigenvalue weighted by Gasteiger charge is -2.24. The third-order valence-corrected chi connectivity index (χ3v) is 3.56. The van der Waals surface area contributed by atoms with Crippen LogP contribution in [0.15, 0.2) is 30.3 Å². The molecule has 19 heavy (non-hydrogen) atoms. The van der Waals surface area contributed by atoms with E-state index in [0.717, 1.165) is 5.56 Å². The van der Waals surface area contributed by atoms with Gasteiger partial charge in [0.05, 0.1) is 13.2 Å². The Morgan fingerprint density at radius 3 is 2.63 bits per heavy atom. The van der Waals surface area contributed by atoms with E-state index in [-0.39, 0.29) is 12.6 Å². The van der Waals surface area contributed by atoms with Crippen LogP contribution in [0, 0.1) is 5.92 Å². The van der Waals surface area contributed by atoms with E-state index in [0.29, 0.717) is 0 Å². The lowest BCUT2D eigenvalue weighted by atomic mass is 10.1. The van der Waals surface area contributed by atoms with Crippen molar-refractivity contribution in [3.8, 4) is 0 Å². The zero-order valence-electron chi connectivity index (χ0n) is 10.9. The predicted octanol–water partition coefficient (Wildman–Crippen LogP) is 0.740. The SMILES string of the molecule is COC(=O)[C@@H]1CN([C@@H](C)c2ccccc2)C(=O)[C@@H]1O. The van der Waals surface area contributed by atoms with Crippen molar-refractivity contribution < 1.29 is 19.4 Å². The highest BCUT2D eigenvalue weighted by Gasteiger charge is 2.45. The van der Waals surface area contributed by atoms with E-state index in [9.17, 15) is 14.7 Å². The number of amides is 1. The first-order valence-electron chi connectivity index (χ1n) is 6.17. The Bertz CT molecular complexity index is 474. The molecule has 0 aromatic heterocycles. The summed E-state index contributed by atoms with van der Waals surface area (Å²) in [4.78, 5) is 25.0. The van der Waals surface area contributed by atoms with Crippen LogP contribution in [0.4, 0.5) is 0 Å². The molecule has 1 aromatic rings. The van der Waals surface area contributed by atoms with Gasteiger partial charge in [0.2, 0.25) is 0 Å². The van der Waals surface area contributed by atoms with E-state index in [2.05, 4.69) is 4.74 Å².